The summed E-state index contributed by atoms with van der Waals surface area (Å²) in [6.07, 6.45) is 12.0. The van der Waals surface area contributed by atoms with Crippen LogP contribution in [0, 0.1) is 0 Å². The first kappa shape index (κ1) is 14.5. The third-order valence-corrected chi connectivity index (χ3v) is 3.93. The van der Waals surface area contributed by atoms with Crippen molar-refractivity contribution in [3.05, 3.63) is 46.5 Å². The second kappa shape index (κ2) is 5.23. The molecule has 0 aromatic rings. The first-order valence-electron chi connectivity index (χ1n) is 6.14. The number of hydrogen-bond acceptors (Lipinski definition) is 3. The van der Waals surface area contributed by atoms with Crippen molar-refractivity contribution in [1.29, 1.82) is 0 Å². The second-order valence-electron chi connectivity index (χ2n) is 5.32. The molecule has 0 radical (unpaired) electrons. The number of allylic oxidation sites excluding steroid dienone is 4. The molecule has 0 aromatic carbocycles. The van der Waals surface area contributed by atoms with E-state index in [9.17, 15) is 0 Å². The van der Waals surface area contributed by atoms with Crippen LogP contribution in [0.15, 0.2) is 56.7 Å². The molecular formula is C14H17Cl2N3. The Morgan fingerprint density at radius 2 is 1.84 bits per heavy atom. The summed E-state index contributed by atoms with van der Waals surface area (Å²) < 4.78 is 0. The molecule has 2 aliphatic rings. The summed E-state index contributed by atoms with van der Waals surface area (Å²) in [4.78, 5) is 0. The fraction of sp³-hybridized carbons (Fsp3) is 0.429. The predicted octanol–water partition coefficient (Wildman–Crippen LogP) is 4.06. The highest BCUT2D eigenvalue weighted by molar-refractivity contribution is 6.31. The molecule has 19 heavy (non-hydrogen) atoms. The Bertz CT molecular complexity index is 519. The van der Waals surface area contributed by atoms with Gasteiger partial charge in [0, 0.05) is 10.1 Å². The summed E-state index contributed by atoms with van der Waals surface area (Å²) >= 11 is 11.8. The van der Waals surface area contributed by atoms with E-state index in [2.05, 4.69) is 10.2 Å². The van der Waals surface area contributed by atoms with Crippen LogP contribution in [-0.2, 0) is 0 Å². The molecule has 5 heteroatoms. The van der Waals surface area contributed by atoms with Crippen LogP contribution in [0.3, 0.4) is 0 Å². The largest absolute Gasteiger partial charge is 0.322 e. The minimum Gasteiger partial charge on any atom is -0.322 e. The molecule has 3 nitrogen and oxygen atoms in total. The summed E-state index contributed by atoms with van der Waals surface area (Å²) in [5.41, 5.74) is 5.15. The summed E-state index contributed by atoms with van der Waals surface area (Å²) in [6, 6.07) is -0.274. The van der Waals surface area contributed by atoms with Gasteiger partial charge in [0.15, 0.2) is 0 Å². The average molecular weight is 298 g/mol. The highest BCUT2D eigenvalue weighted by atomic mass is 35.5. The first-order valence-corrected chi connectivity index (χ1v) is 6.90. The maximum atomic E-state index is 6.07. The monoisotopic (exact) mass is 297 g/mol. The van der Waals surface area contributed by atoms with Crippen molar-refractivity contribution in [3.63, 3.8) is 0 Å². The number of nitrogens with zero attached hydrogens (tertiary/aromatic N) is 2. The molecular weight excluding hydrogens is 281 g/mol. The number of halogens is 2. The zero-order valence-electron chi connectivity index (χ0n) is 11.0. The van der Waals surface area contributed by atoms with E-state index in [1.54, 1.807) is 12.2 Å². The zero-order chi connectivity index (χ0) is 14.1. The quantitative estimate of drug-likeness (QED) is 0.768. The Morgan fingerprint density at radius 3 is 2.42 bits per heavy atom. The molecule has 0 amide bonds. The Hall–Kier alpha value is -0.900. The maximum absolute atomic E-state index is 6.07. The van der Waals surface area contributed by atoms with Gasteiger partial charge in [-0.2, -0.15) is 10.2 Å². The molecule has 2 N–H and O–H groups in total. The van der Waals surface area contributed by atoms with E-state index < -0.39 is 5.54 Å². The van der Waals surface area contributed by atoms with Crippen LogP contribution < -0.4 is 5.73 Å². The van der Waals surface area contributed by atoms with Gasteiger partial charge >= 0.3 is 0 Å². The Morgan fingerprint density at radius 1 is 1.16 bits per heavy atom. The van der Waals surface area contributed by atoms with Gasteiger partial charge in [-0.25, -0.2) is 0 Å². The van der Waals surface area contributed by atoms with Crippen LogP contribution in [0.5, 0.6) is 0 Å². The predicted molar refractivity (Wildman–Crippen MR) is 80.4 cm³/mol. The fourth-order valence-electron chi connectivity index (χ4n) is 1.85. The van der Waals surface area contributed by atoms with Gasteiger partial charge in [0.2, 0.25) is 0 Å². The number of hydrogen-bond donors (Lipinski definition) is 1. The van der Waals surface area contributed by atoms with Crippen molar-refractivity contribution in [1.82, 2.24) is 0 Å². The molecule has 0 heterocycles. The number of rotatable bonds is 2. The van der Waals surface area contributed by atoms with E-state index in [-0.39, 0.29) is 11.6 Å². The van der Waals surface area contributed by atoms with Crippen molar-refractivity contribution >= 4 is 23.2 Å². The molecule has 2 rings (SSSR count). The van der Waals surface area contributed by atoms with Gasteiger partial charge in [0.1, 0.15) is 11.1 Å². The molecule has 102 valence electrons. The van der Waals surface area contributed by atoms with Crippen LogP contribution in [0.2, 0.25) is 0 Å². The third-order valence-electron chi connectivity index (χ3n) is 3.40. The van der Waals surface area contributed by atoms with Gasteiger partial charge in [-0.3, -0.25) is 0 Å². The molecule has 0 aromatic heterocycles. The van der Waals surface area contributed by atoms with Crippen molar-refractivity contribution in [2.45, 2.75) is 37.4 Å². The van der Waals surface area contributed by atoms with Crippen molar-refractivity contribution in [2.24, 2.45) is 16.0 Å². The molecule has 3 unspecified atom stereocenters. The normalized spacial score (nSPS) is 38.5. The lowest BCUT2D eigenvalue weighted by Crippen LogP contribution is -2.42. The highest BCUT2D eigenvalue weighted by Crippen LogP contribution is 2.30. The Kier molecular flexibility index (Phi) is 4.00. The summed E-state index contributed by atoms with van der Waals surface area (Å²) in [7, 11) is 0. The van der Waals surface area contributed by atoms with Crippen molar-refractivity contribution < 1.29 is 0 Å². The topological polar surface area (TPSA) is 50.7 Å². The number of nitrogens with two attached hydrogens (primary N) is 1. The van der Waals surface area contributed by atoms with E-state index >= 15 is 0 Å². The van der Waals surface area contributed by atoms with E-state index in [0.717, 1.165) is 11.5 Å². The minimum absolute atomic E-state index is 0.274. The van der Waals surface area contributed by atoms with Gasteiger partial charge in [0.25, 0.3) is 0 Å². The molecule has 0 spiro atoms. The Labute approximate surface area is 123 Å². The zero-order valence-corrected chi connectivity index (χ0v) is 12.5. The average Bonchev–Trinajstić information content (AvgIpc) is 2.37. The lowest BCUT2D eigenvalue weighted by atomic mass is 9.89. The molecule has 2 aliphatic carbocycles. The summed E-state index contributed by atoms with van der Waals surface area (Å²) in [5, 5.41) is 10.3. The van der Waals surface area contributed by atoms with E-state index in [1.165, 1.54) is 0 Å². The van der Waals surface area contributed by atoms with Gasteiger partial charge < -0.3 is 5.73 Å². The summed E-state index contributed by atoms with van der Waals surface area (Å²) in [5.74, 6) is 0. The van der Waals surface area contributed by atoms with Crippen LogP contribution in [0.25, 0.3) is 0 Å². The van der Waals surface area contributed by atoms with E-state index in [1.807, 2.05) is 38.2 Å². The molecule has 0 saturated heterocycles. The first-order chi connectivity index (χ1) is 8.83. The molecule has 0 saturated carbocycles. The second-order valence-corrected chi connectivity index (χ2v) is 6.19. The molecule has 0 aliphatic heterocycles. The van der Waals surface area contributed by atoms with Crippen molar-refractivity contribution in [2.75, 3.05) is 0 Å². The lowest BCUT2D eigenvalue weighted by Gasteiger charge is -2.30. The number of azo groups is 1. The Balaban J connectivity index is 2.15. The van der Waals surface area contributed by atoms with E-state index in [0.29, 0.717) is 5.03 Å². The van der Waals surface area contributed by atoms with Crippen LogP contribution in [0.1, 0.15) is 20.3 Å². The third kappa shape index (κ3) is 3.35. The smallest absolute Gasteiger partial charge is 0.116 e. The SMILES string of the molecule is CC1(N=NC2(C)C=CC(Cl)=CC2N)C=CC(Cl)=CC1. The van der Waals surface area contributed by atoms with Crippen LogP contribution in [0.4, 0.5) is 0 Å². The maximum Gasteiger partial charge on any atom is 0.116 e. The standard InChI is InChI=1S/C14H17Cl2N3/c1-13(6-3-10(15)4-7-13)18-19-14(2)8-5-11(16)9-12(14)17/h3-6,8-9,12H,7,17H2,1-2H3. The highest BCUT2D eigenvalue weighted by Gasteiger charge is 2.32. The lowest BCUT2D eigenvalue weighted by molar-refractivity contribution is 0.445. The fourth-order valence-corrected chi connectivity index (χ4v) is 2.19. The van der Waals surface area contributed by atoms with E-state index in [4.69, 9.17) is 28.9 Å². The minimum atomic E-state index is -0.555. The van der Waals surface area contributed by atoms with Crippen LogP contribution >= 0.6 is 23.2 Å². The van der Waals surface area contributed by atoms with Gasteiger partial charge in [-0.05, 0) is 38.5 Å². The molecule has 3 atom stereocenters. The van der Waals surface area contributed by atoms with Crippen LogP contribution in [-0.4, -0.2) is 17.1 Å². The molecule has 0 fully saturated rings. The van der Waals surface area contributed by atoms with Crippen molar-refractivity contribution in [3.8, 4) is 0 Å². The summed E-state index contributed by atoms with van der Waals surface area (Å²) in [6.45, 7) is 3.95. The van der Waals surface area contributed by atoms with Gasteiger partial charge in [0.05, 0.1) is 6.04 Å². The molecule has 0 bridgehead atoms. The van der Waals surface area contributed by atoms with Gasteiger partial charge in [-0.15, -0.1) is 0 Å². The van der Waals surface area contributed by atoms with Gasteiger partial charge in [-0.1, -0.05) is 41.4 Å².